The zero-order valence-corrected chi connectivity index (χ0v) is 8.27. The molecule has 1 aromatic heterocycles. The highest BCUT2D eigenvalue weighted by molar-refractivity contribution is 5.76. The van der Waals surface area contributed by atoms with Gasteiger partial charge in [0.1, 0.15) is 17.7 Å². The van der Waals surface area contributed by atoms with E-state index in [1.165, 1.54) is 18.2 Å². The van der Waals surface area contributed by atoms with Gasteiger partial charge < -0.3 is 15.8 Å². The highest BCUT2D eigenvalue weighted by atomic mass is 19.1. The highest BCUT2D eigenvalue weighted by Crippen LogP contribution is 2.13. The first-order valence-electron chi connectivity index (χ1n) is 4.69. The largest absolute Gasteiger partial charge is 0.480 e. The molecule has 4 N–H and O–H groups in total. The number of aromatic amines is 1. The van der Waals surface area contributed by atoms with Gasteiger partial charge in [-0.05, 0) is 18.2 Å². The number of carboxylic acids is 1. The summed E-state index contributed by atoms with van der Waals surface area (Å²) in [6.07, 6.45) is 0.0889. The van der Waals surface area contributed by atoms with Crippen molar-refractivity contribution in [3.8, 4) is 0 Å². The third kappa shape index (κ3) is 2.01. The van der Waals surface area contributed by atoms with Crippen molar-refractivity contribution in [3.63, 3.8) is 0 Å². The summed E-state index contributed by atoms with van der Waals surface area (Å²) >= 11 is 0. The second kappa shape index (κ2) is 3.90. The Hall–Kier alpha value is -1.95. The van der Waals surface area contributed by atoms with Crippen molar-refractivity contribution in [2.24, 2.45) is 5.73 Å². The lowest BCUT2D eigenvalue weighted by Gasteiger charge is -2.01. The first-order chi connectivity index (χ1) is 7.56. The molecule has 1 heterocycles. The number of H-pyrrole nitrogens is 1. The summed E-state index contributed by atoms with van der Waals surface area (Å²) in [5.41, 5.74) is 6.49. The number of hydrogen-bond donors (Lipinski definition) is 3. The fourth-order valence-corrected chi connectivity index (χ4v) is 1.43. The van der Waals surface area contributed by atoms with Gasteiger partial charge in [-0.1, -0.05) is 0 Å². The van der Waals surface area contributed by atoms with Crippen LogP contribution in [0.25, 0.3) is 11.0 Å². The number of hydrogen-bond acceptors (Lipinski definition) is 3. The van der Waals surface area contributed by atoms with Crippen molar-refractivity contribution in [3.05, 3.63) is 29.8 Å². The first-order valence-corrected chi connectivity index (χ1v) is 4.69. The van der Waals surface area contributed by atoms with Gasteiger partial charge in [0.25, 0.3) is 0 Å². The molecule has 0 fully saturated rings. The Bertz CT molecular complexity index is 538. The molecule has 2 aromatic rings. The molecule has 1 aromatic carbocycles. The van der Waals surface area contributed by atoms with Crippen molar-refractivity contribution >= 4 is 17.0 Å². The number of aliphatic carboxylic acids is 1. The van der Waals surface area contributed by atoms with Gasteiger partial charge >= 0.3 is 5.97 Å². The molecule has 0 aliphatic heterocycles. The Kier molecular flexibility index (Phi) is 2.57. The van der Waals surface area contributed by atoms with Gasteiger partial charge in [-0.3, -0.25) is 4.79 Å². The molecule has 0 saturated heterocycles. The van der Waals surface area contributed by atoms with E-state index in [2.05, 4.69) is 9.97 Å². The smallest absolute Gasteiger partial charge is 0.320 e. The second-order valence-corrected chi connectivity index (χ2v) is 3.49. The van der Waals surface area contributed by atoms with Crippen LogP contribution in [0, 0.1) is 5.82 Å². The van der Waals surface area contributed by atoms with E-state index in [9.17, 15) is 9.18 Å². The van der Waals surface area contributed by atoms with Crippen LogP contribution < -0.4 is 5.73 Å². The molecule has 0 aliphatic carbocycles. The number of fused-ring (bicyclic) bond motifs is 1. The van der Waals surface area contributed by atoms with Crippen molar-refractivity contribution in [1.29, 1.82) is 0 Å². The van der Waals surface area contributed by atoms with Crippen LogP contribution in [0.4, 0.5) is 4.39 Å². The monoisotopic (exact) mass is 223 g/mol. The fourth-order valence-electron chi connectivity index (χ4n) is 1.43. The number of carboxylic acid groups (broad SMARTS) is 1. The second-order valence-electron chi connectivity index (χ2n) is 3.49. The molecular formula is C10H10FN3O2. The van der Waals surface area contributed by atoms with E-state index in [1.54, 1.807) is 0 Å². The van der Waals surface area contributed by atoms with E-state index in [-0.39, 0.29) is 12.2 Å². The number of imidazole rings is 1. The number of nitrogens with two attached hydrogens (primary N) is 1. The number of nitrogens with one attached hydrogen (secondary N) is 1. The van der Waals surface area contributed by atoms with Crippen LogP contribution in [0.3, 0.4) is 0 Å². The Morgan fingerprint density at radius 3 is 3.06 bits per heavy atom. The van der Waals surface area contributed by atoms with Crippen LogP contribution in [-0.2, 0) is 11.2 Å². The summed E-state index contributed by atoms with van der Waals surface area (Å²) in [6, 6.07) is 3.12. The zero-order chi connectivity index (χ0) is 11.7. The summed E-state index contributed by atoms with van der Waals surface area (Å²) in [5, 5.41) is 8.64. The van der Waals surface area contributed by atoms with Gasteiger partial charge in [0.2, 0.25) is 0 Å². The lowest BCUT2D eigenvalue weighted by atomic mass is 10.2. The number of halogens is 1. The molecule has 0 aliphatic rings. The summed E-state index contributed by atoms with van der Waals surface area (Å²) in [4.78, 5) is 17.5. The van der Waals surface area contributed by atoms with Gasteiger partial charge in [0.15, 0.2) is 0 Å². The van der Waals surface area contributed by atoms with E-state index in [4.69, 9.17) is 10.8 Å². The van der Waals surface area contributed by atoms with E-state index < -0.39 is 12.0 Å². The summed E-state index contributed by atoms with van der Waals surface area (Å²) in [6.45, 7) is 0. The Labute approximate surface area is 90.1 Å². The summed E-state index contributed by atoms with van der Waals surface area (Å²) in [5.74, 6) is -1.02. The lowest BCUT2D eigenvalue weighted by Crippen LogP contribution is -2.32. The zero-order valence-electron chi connectivity index (χ0n) is 8.27. The average molecular weight is 223 g/mol. The lowest BCUT2D eigenvalue weighted by molar-refractivity contribution is -0.138. The van der Waals surface area contributed by atoms with E-state index in [1.807, 2.05) is 0 Å². The van der Waals surface area contributed by atoms with E-state index in [0.29, 0.717) is 16.9 Å². The first kappa shape index (κ1) is 10.6. The van der Waals surface area contributed by atoms with Crippen LogP contribution >= 0.6 is 0 Å². The predicted molar refractivity (Wildman–Crippen MR) is 55.4 cm³/mol. The number of nitrogens with zero attached hydrogens (tertiary/aromatic N) is 1. The van der Waals surface area contributed by atoms with Crippen molar-refractivity contribution < 1.29 is 14.3 Å². The molecule has 16 heavy (non-hydrogen) atoms. The van der Waals surface area contributed by atoms with Gasteiger partial charge in [0.05, 0.1) is 11.0 Å². The molecule has 1 unspecified atom stereocenters. The molecule has 0 bridgehead atoms. The summed E-state index contributed by atoms with van der Waals surface area (Å²) < 4.78 is 12.9. The summed E-state index contributed by atoms with van der Waals surface area (Å²) in [7, 11) is 0. The molecule has 0 amide bonds. The topological polar surface area (TPSA) is 92.0 Å². The third-order valence-corrected chi connectivity index (χ3v) is 2.22. The van der Waals surface area contributed by atoms with E-state index in [0.717, 1.165) is 0 Å². The normalized spacial score (nSPS) is 12.9. The number of rotatable bonds is 3. The molecule has 2 rings (SSSR count). The van der Waals surface area contributed by atoms with Gasteiger partial charge in [0, 0.05) is 6.42 Å². The molecule has 5 nitrogen and oxygen atoms in total. The molecule has 6 heteroatoms. The number of aromatic nitrogens is 2. The maximum Gasteiger partial charge on any atom is 0.320 e. The van der Waals surface area contributed by atoms with Gasteiger partial charge in [-0.25, -0.2) is 9.37 Å². The van der Waals surface area contributed by atoms with Crippen molar-refractivity contribution in [2.75, 3.05) is 0 Å². The minimum absolute atomic E-state index is 0.0889. The minimum Gasteiger partial charge on any atom is -0.480 e. The molecule has 1 atom stereocenters. The molecule has 0 spiro atoms. The number of carbonyl (C=O) groups is 1. The maximum absolute atomic E-state index is 12.9. The predicted octanol–water partition coefficient (Wildman–Crippen LogP) is 0.656. The Balaban J connectivity index is 2.29. The average Bonchev–Trinajstić information content (AvgIpc) is 2.58. The Morgan fingerprint density at radius 2 is 2.38 bits per heavy atom. The Morgan fingerprint density at radius 1 is 1.62 bits per heavy atom. The standard InChI is InChI=1S/C10H10FN3O2/c11-5-1-2-7-8(3-5)14-9(13-7)4-6(12)10(15)16/h1-3,6H,4,12H2,(H,13,14)(H,15,16). The maximum atomic E-state index is 12.9. The SMILES string of the molecule is NC(Cc1nc2ccc(F)cc2[nH]1)C(=O)O. The van der Waals surface area contributed by atoms with Crippen LogP contribution in [0.5, 0.6) is 0 Å². The van der Waals surface area contributed by atoms with Crippen molar-refractivity contribution in [1.82, 2.24) is 9.97 Å². The van der Waals surface area contributed by atoms with Crippen molar-refractivity contribution in [2.45, 2.75) is 12.5 Å². The van der Waals surface area contributed by atoms with Gasteiger partial charge in [-0.2, -0.15) is 0 Å². The van der Waals surface area contributed by atoms with Crippen LogP contribution in [-0.4, -0.2) is 27.1 Å². The molecule has 0 radical (unpaired) electrons. The highest BCUT2D eigenvalue weighted by Gasteiger charge is 2.14. The third-order valence-electron chi connectivity index (χ3n) is 2.22. The fraction of sp³-hybridized carbons (Fsp3) is 0.200. The minimum atomic E-state index is -1.09. The van der Waals surface area contributed by atoms with E-state index >= 15 is 0 Å². The van der Waals surface area contributed by atoms with Crippen LogP contribution in [0.15, 0.2) is 18.2 Å². The molecule has 0 saturated carbocycles. The van der Waals surface area contributed by atoms with Crippen LogP contribution in [0.2, 0.25) is 0 Å². The molecule has 84 valence electrons. The van der Waals surface area contributed by atoms with Gasteiger partial charge in [-0.15, -0.1) is 0 Å². The van der Waals surface area contributed by atoms with Crippen LogP contribution in [0.1, 0.15) is 5.82 Å². The number of benzene rings is 1. The molecular weight excluding hydrogens is 213 g/mol. The quantitative estimate of drug-likeness (QED) is 0.712.